The number of rotatable bonds is 3. The third-order valence-corrected chi connectivity index (χ3v) is 3.28. The average molecular weight is 283 g/mol. The SMILES string of the molecule is CC(C)(C)c1ccccc1OCc1cccc(C#N)c1F. The van der Waals surface area contributed by atoms with Crippen LogP contribution >= 0.6 is 0 Å². The van der Waals surface area contributed by atoms with Crippen LogP contribution in [0.15, 0.2) is 42.5 Å². The Balaban J connectivity index is 2.24. The summed E-state index contributed by atoms with van der Waals surface area (Å²) in [6.45, 7) is 6.42. The van der Waals surface area contributed by atoms with E-state index < -0.39 is 5.82 Å². The number of halogens is 1. The van der Waals surface area contributed by atoms with Crippen LogP contribution in [0.1, 0.15) is 37.5 Å². The Kier molecular flexibility index (Phi) is 4.28. The van der Waals surface area contributed by atoms with E-state index in [9.17, 15) is 4.39 Å². The first-order valence-corrected chi connectivity index (χ1v) is 6.83. The van der Waals surface area contributed by atoms with Crippen molar-refractivity contribution in [2.24, 2.45) is 0 Å². The summed E-state index contributed by atoms with van der Waals surface area (Å²) in [5, 5.41) is 8.85. The zero-order chi connectivity index (χ0) is 15.5. The number of ether oxygens (including phenoxy) is 1. The summed E-state index contributed by atoms with van der Waals surface area (Å²) in [6, 6.07) is 14.3. The van der Waals surface area contributed by atoms with Gasteiger partial charge in [-0.2, -0.15) is 5.26 Å². The maximum Gasteiger partial charge on any atom is 0.147 e. The summed E-state index contributed by atoms with van der Waals surface area (Å²) in [5.74, 6) is 0.236. The number of hydrogen-bond acceptors (Lipinski definition) is 2. The summed E-state index contributed by atoms with van der Waals surface area (Å²) in [7, 11) is 0. The van der Waals surface area contributed by atoms with Crippen molar-refractivity contribution in [1.29, 1.82) is 5.26 Å². The third-order valence-electron chi connectivity index (χ3n) is 3.28. The predicted octanol–water partition coefficient (Wildman–Crippen LogP) is 4.57. The minimum atomic E-state index is -0.506. The highest BCUT2D eigenvalue weighted by atomic mass is 19.1. The molecule has 108 valence electrons. The van der Waals surface area contributed by atoms with Gasteiger partial charge in [0.1, 0.15) is 24.2 Å². The fourth-order valence-electron chi connectivity index (χ4n) is 2.15. The molecule has 0 saturated heterocycles. The summed E-state index contributed by atoms with van der Waals surface area (Å²) in [4.78, 5) is 0. The van der Waals surface area contributed by atoms with Gasteiger partial charge in [0, 0.05) is 5.56 Å². The molecule has 0 saturated carbocycles. The first-order valence-electron chi connectivity index (χ1n) is 6.83. The molecule has 0 aliphatic rings. The number of hydrogen-bond donors (Lipinski definition) is 0. The van der Waals surface area contributed by atoms with E-state index in [0.717, 1.165) is 11.3 Å². The molecule has 0 bridgehead atoms. The highest BCUT2D eigenvalue weighted by molar-refractivity contribution is 5.39. The highest BCUT2D eigenvalue weighted by Gasteiger charge is 2.18. The topological polar surface area (TPSA) is 33.0 Å². The Labute approximate surface area is 124 Å². The van der Waals surface area contributed by atoms with E-state index >= 15 is 0 Å². The van der Waals surface area contributed by atoms with Crippen LogP contribution in [0.4, 0.5) is 4.39 Å². The van der Waals surface area contributed by atoms with Gasteiger partial charge in [0.25, 0.3) is 0 Å². The van der Waals surface area contributed by atoms with Crippen LogP contribution in [0.25, 0.3) is 0 Å². The molecule has 2 rings (SSSR count). The van der Waals surface area contributed by atoms with Gasteiger partial charge in [-0.25, -0.2) is 4.39 Å². The molecule has 3 heteroatoms. The molecule has 0 radical (unpaired) electrons. The molecule has 0 aliphatic carbocycles. The molecule has 0 amide bonds. The molecule has 21 heavy (non-hydrogen) atoms. The van der Waals surface area contributed by atoms with Gasteiger partial charge in [-0.05, 0) is 23.1 Å². The Hall–Kier alpha value is -2.34. The highest BCUT2D eigenvalue weighted by Crippen LogP contribution is 2.31. The lowest BCUT2D eigenvalue weighted by atomic mass is 9.86. The van der Waals surface area contributed by atoms with Crippen molar-refractivity contribution in [3.8, 4) is 11.8 Å². The number of benzene rings is 2. The quantitative estimate of drug-likeness (QED) is 0.826. The molecule has 0 spiro atoms. The Morgan fingerprint density at radius 2 is 1.81 bits per heavy atom. The summed E-state index contributed by atoms with van der Waals surface area (Å²) in [5.41, 5.74) is 1.45. The molecule has 0 N–H and O–H groups in total. The van der Waals surface area contributed by atoms with E-state index in [4.69, 9.17) is 10.00 Å². The molecule has 0 fully saturated rings. The van der Waals surface area contributed by atoms with Gasteiger partial charge >= 0.3 is 0 Å². The van der Waals surface area contributed by atoms with E-state index in [2.05, 4.69) is 20.8 Å². The van der Waals surface area contributed by atoms with E-state index in [1.165, 1.54) is 6.07 Å². The van der Waals surface area contributed by atoms with Crippen molar-refractivity contribution in [3.63, 3.8) is 0 Å². The molecular weight excluding hydrogens is 265 g/mol. The van der Waals surface area contributed by atoms with Crippen molar-refractivity contribution < 1.29 is 9.13 Å². The lowest BCUT2D eigenvalue weighted by molar-refractivity contribution is 0.291. The van der Waals surface area contributed by atoms with E-state index in [1.807, 2.05) is 30.3 Å². The number of para-hydroxylation sites is 1. The second-order valence-electron chi connectivity index (χ2n) is 5.93. The van der Waals surface area contributed by atoms with Crippen molar-refractivity contribution in [3.05, 3.63) is 65.0 Å². The summed E-state index contributed by atoms with van der Waals surface area (Å²) in [6.07, 6.45) is 0. The second-order valence-corrected chi connectivity index (χ2v) is 5.93. The lowest BCUT2D eigenvalue weighted by Gasteiger charge is -2.22. The largest absolute Gasteiger partial charge is 0.488 e. The Bertz CT molecular complexity index is 680. The second kappa shape index (κ2) is 5.97. The third kappa shape index (κ3) is 3.41. The Morgan fingerprint density at radius 1 is 1.10 bits per heavy atom. The monoisotopic (exact) mass is 283 g/mol. The molecule has 0 aliphatic heterocycles. The van der Waals surface area contributed by atoms with E-state index in [-0.39, 0.29) is 17.6 Å². The molecule has 0 unspecified atom stereocenters. The average Bonchev–Trinajstić information content (AvgIpc) is 2.45. The maximum atomic E-state index is 14.0. The van der Waals surface area contributed by atoms with Crippen molar-refractivity contribution in [2.45, 2.75) is 32.8 Å². The zero-order valence-electron chi connectivity index (χ0n) is 12.5. The summed E-state index contributed by atoms with van der Waals surface area (Å²) < 4.78 is 19.8. The first kappa shape index (κ1) is 15.1. The standard InChI is InChI=1S/C18H18FNO/c1-18(2,3)15-9-4-5-10-16(15)21-12-14-8-6-7-13(11-20)17(14)19/h4-10H,12H2,1-3H3. The van der Waals surface area contributed by atoms with Crippen LogP contribution in [0.5, 0.6) is 5.75 Å². The molecule has 2 aromatic rings. The molecule has 0 heterocycles. The fraction of sp³-hybridized carbons (Fsp3) is 0.278. The van der Waals surface area contributed by atoms with Gasteiger partial charge in [-0.1, -0.05) is 51.1 Å². The van der Waals surface area contributed by atoms with Crippen LogP contribution < -0.4 is 4.74 Å². The van der Waals surface area contributed by atoms with Gasteiger partial charge in [0.05, 0.1) is 5.56 Å². The van der Waals surface area contributed by atoms with Crippen LogP contribution in [0.3, 0.4) is 0 Å². The lowest BCUT2D eigenvalue weighted by Crippen LogP contribution is -2.13. The van der Waals surface area contributed by atoms with Gasteiger partial charge < -0.3 is 4.74 Å². The number of nitrogens with zero attached hydrogens (tertiary/aromatic N) is 1. The van der Waals surface area contributed by atoms with Gasteiger partial charge in [-0.3, -0.25) is 0 Å². The van der Waals surface area contributed by atoms with Gasteiger partial charge in [0.15, 0.2) is 0 Å². The first-order chi connectivity index (χ1) is 9.93. The van der Waals surface area contributed by atoms with Crippen molar-refractivity contribution in [1.82, 2.24) is 0 Å². The maximum absolute atomic E-state index is 14.0. The molecule has 0 atom stereocenters. The van der Waals surface area contributed by atoms with Crippen LogP contribution in [0, 0.1) is 17.1 Å². The smallest absolute Gasteiger partial charge is 0.147 e. The molecule has 2 nitrogen and oxygen atoms in total. The van der Waals surface area contributed by atoms with Crippen molar-refractivity contribution in [2.75, 3.05) is 0 Å². The van der Waals surface area contributed by atoms with Gasteiger partial charge in [-0.15, -0.1) is 0 Å². The molecule has 2 aromatic carbocycles. The molecular formula is C18H18FNO. The zero-order valence-corrected chi connectivity index (χ0v) is 12.5. The normalized spacial score (nSPS) is 11.0. The van der Waals surface area contributed by atoms with E-state index in [0.29, 0.717) is 5.56 Å². The van der Waals surface area contributed by atoms with Crippen LogP contribution in [-0.2, 0) is 12.0 Å². The number of nitriles is 1. The van der Waals surface area contributed by atoms with Gasteiger partial charge in [0.2, 0.25) is 0 Å². The fourth-order valence-corrected chi connectivity index (χ4v) is 2.15. The Morgan fingerprint density at radius 3 is 2.48 bits per heavy atom. The minimum absolute atomic E-state index is 0.0419. The molecule has 0 aromatic heterocycles. The van der Waals surface area contributed by atoms with Crippen molar-refractivity contribution >= 4 is 0 Å². The summed E-state index contributed by atoms with van der Waals surface area (Å²) >= 11 is 0. The predicted molar refractivity (Wildman–Crippen MR) is 80.6 cm³/mol. The minimum Gasteiger partial charge on any atom is -0.488 e. The van der Waals surface area contributed by atoms with Crippen LogP contribution in [-0.4, -0.2) is 0 Å². The van der Waals surface area contributed by atoms with E-state index in [1.54, 1.807) is 12.1 Å². The van der Waals surface area contributed by atoms with Crippen LogP contribution in [0.2, 0.25) is 0 Å².